The fraction of sp³-hybridized carbons (Fsp3) is 0.611. The Kier molecular flexibility index (Phi) is 4.09. The molecule has 1 amide bonds. The molecule has 2 aliphatic rings. The second-order valence-corrected chi connectivity index (χ2v) is 6.45. The molecule has 1 aromatic carbocycles. The van der Waals surface area contributed by atoms with Gasteiger partial charge in [0.05, 0.1) is 6.04 Å². The molecule has 1 saturated carbocycles. The van der Waals surface area contributed by atoms with Gasteiger partial charge < -0.3 is 5.32 Å². The van der Waals surface area contributed by atoms with Crippen LogP contribution in [0, 0.1) is 5.92 Å². The van der Waals surface area contributed by atoms with Crippen LogP contribution < -0.4 is 5.32 Å². The molecule has 0 spiro atoms. The van der Waals surface area contributed by atoms with Gasteiger partial charge in [0.2, 0.25) is 5.91 Å². The molecule has 20 heavy (non-hydrogen) atoms. The van der Waals surface area contributed by atoms with Crippen LogP contribution in [0.3, 0.4) is 0 Å². The van der Waals surface area contributed by atoms with Gasteiger partial charge in [-0.25, -0.2) is 0 Å². The number of amides is 1. The number of carbonyl (C=O) groups is 1. The molecule has 0 saturated heterocycles. The largest absolute Gasteiger partial charge is 0.349 e. The zero-order valence-corrected chi connectivity index (χ0v) is 12.5. The van der Waals surface area contributed by atoms with Crippen molar-refractivity contribution in [3.8, 4) is 0 Å². The van der Waals surface area contributed by atoms with Crippen LogP contribution in [0.2, 0.25) is 0 Å². The Labute approximate surface area is 122 Å². The third kappa shape index (κ3) is 2.89. The highest BCUT2D eigenvalue weighted by Crippen LogP contribution is 2.27. The molecule has 2 nitrogen and oxygen atoms in total. The molecule has 0 bridgehead atoms. The van der Waals surface area contributed by atoms with E-state index in [9.17, 15) is 4.79 Å². The summed E-state index contributed by atoms with van der Waals surface area (Å²) in [5.41, 5.74) is 4.27. The first-order valence-electron chi connectivity index (χ1n) is 8.16. The first-order valence-corrected chi connectivity index (χ1v) is 8.16. The SMILES string of the molecule is CC(NC(=O)C1CCCC1)c1ccc2c(c1)CCCC2. The number of nitrogens with one attached hydrogen (secondary N) is 1. The van der Waals surface area contributed by atoms with E-state index in [1.807, 2.05) is 0 Å². The highest BCUT2D eigenvalue weighted by atomic mass is 16.1. The summed E-state index contributed by atoms with van der Waals surface area (Å²) in [4.78, 5) is 12.2. The van der Waals surface area contributed by atoms with Crippen LogP contribution in [0.5, 0.6) is 0 Å². The number of rotatable bonds is 3. The Morgan fingerprint density at radius 3 is 2.55 bits per heavy atom. The van der Waals surface area contributed by atoms with Gasteiger partial charge in [0.25, 0.3) is 0 Å². The third-order valence-electron chi connectivity index (χ3n) is 4.96. The summed E-state index contributed by atoms with van der Waals surface area (Å²) in [5.74, 6) is 0.516. The molecule has 0 aliphatic heterocycles. The van der Waals surface area contributed by atoms with Crippen LogP contribution in [-0.2, 0) is 17.6 Å². The van der Waals surface area contributed by atoms with Crippen LogP contribution in [-0.4, -0.2) is 5.91 Å². The van der Waals surface area contributed by atoms with Crippen molar-refractivity contribution >= 4 is 5.91 Å². The Morgan fingerprint density at radius 2 is 1.80 bits per heavy atom. The maximum absolute atomic E-state index is 12.2. The highest BCUT2D eigenvalue weighted by molar-refractivity contribution is 5.79. The third-order valence-corrected chi connectivity index (χ3v) is 4.96. The van der Waals surface area contributed by atoms with Crippen molar-refractivity contribution in [1.82, 2.24) is 5.32 Å². The number of carbonyl (C=O) groups excluding carboxylic acids is 1. The van der Waals surface area contributed by atoms with E-state index in [4.69, 9.17) is 0 Å². The lowest BCUT2D eigenvalue weighted by Crippen LogP contribution is -2.31. The Hall–Kier alpha value is -1.31. The molecule has 108 valence electrons. The lowest BCUT2D eigenvalue weighted by Gasteiger charge is -2.21. The van der Waals surface area contributed by atoms with Gasteiger partial charge in [0.1, 0.15) is 0 Å². The molecule has 1 atom stereocenters. The van der Waals surface area contributed by atoms with Gasteiger partial charge in [-0.3, -0.25) is 4.79 Å². The minimum absolute atomic E-state index is 0.135. The van der Waals surface area contributed by atoms with Gasteiger partial charge in [0.15, 0.2) is 0 Å². The van der Waals surface area contributed by atoms with E-state index >= 15 is 0 Å². The van der Waals surface area contributed by atoms with Gasteiger partial charge in [0, 0.05) is 5.92 Å². The second kappa shape index (κ2) is 5.99. The van der Waals surface area contributed by atoms with Crippen molar-refractivity contribution < 1.29 is 4.79 Å². The zero-order valence-electron chi connectivity index (χ0n) is 12.5. The summed E-state index contributed by atoms with van der Waals surface area (Å²) in [7, 11) is 0. The predicted octanol–water partition coefficient (Wildman–Crippen LogP) is 3.93. The van der Waals surface area contributed by atoms with Crippen LogP contribution >= 0.6 is 0 Å². The van der Waals surface area contributed by atoms with E-state index in [1.165, 1.54) is 55.2 Å². The highest BCUT2D eigenvalue weighted by Gasteiger charge is 2.24. The first kappa shape index (κ1) is 13.7. The molecule has 2 aliphatic carbocycles. The normalized spacial score (nSPS) is 20.4. The summed E-state index contributed by atoms with van der Waals surface area (Å²) in [5, 5.41) is 3.21. The van der Waals surface area contributed by atoms with Crippen LogP contribution in [0.25, 0.3) is 0 Å². The summed E-state index contributed by atoms with van der Waals surface area (Å²) in [6, 6.07) is 6.91. The van der Waals surface area contributed by atoms with Crippen molar-refractivity contribution in [2.45, 2.75) is 64.3 Å². The average molecular weight is 271 g/mol. The molecule has 1 aromatic rings. The van der Waals surface area contributed by atoms with Crippen LogP contribution in [0.15, 0.2) is 18.2 Å². The molecule has 1 N–H and O–H groups in total. The lowest BCUT2D eigenvalue weighted by molar-refractivity contribution is -0.125. The van der Waals surface area contributed by atoms with Crippen molar-refractivity contribution in [2.75, 3.05) is 0 Å². The fourth-order valence-corrected chi connectivity index (χ4v) is 3.63. The van der Waals surface area contributed by atoms with Gasteiger partial charge >= 0.3 is 0 Å². The monoisotopic (exact) mass is 271 g/mol. The number of hydrogen-bond acceptors (Lipinski definition) is 1. The number of aryl methyl sites for hydroxylation is 2. The molecule has 0 radical (unpaired) electrons. The van der Waals surface area contributed by atoms with Gasteiger partial charge in [-0.2, -0.15) is 0 Å². The minimum atomic E-state index is 0.135. The molecular weight excluding hydrogens is 246 g/mol. The number of fused-ring (bicyclic) bond motifs is 1. The van der Waals surface area contributed by atoms with Crippen molar-refractivity contribution in [3.63, 3.8) is 0 Å². The molecule has 1 fully saturated rings. The number of benzene rings is 1. The topological polar surface area (TPSA) is 29.1 Å². The Balaban J connectivity index is 1.67. The molecule has 2 heteroatoms. The minimum Gasteiger partial charge on any atom is -0.349 e. The first-order chi connectivity index (χ1) is 9.74. The van der Waals surface area contributed by atoms with Gasteiger partial charge in [-0.15, -0.1) is 0 Å². The average Bonchev–Trinajstić information content (AvgIpc) is 3.01. The molecule has 0 heterocycles. The smallest absolute Gasteiger partial charge is 0.223 e. The van der Waals surface area contributed by atoms with E-state index in [1.54, 1.807) is 0 Å². The predicted molar refractivity (Wildman–Crippen MR) is 81.6 cm³/mol. The summed E-state index contributed by atoms with van der Waals surface area (Å²) < 4.78 is 0. The molecule has 1 unspecified atom stereocenters. The van der Waals surface area contributed by atoms with Crippen molar-refractivity contribution in [3.05, 3.63) is 34.9 Å². The van der Waals surface area contributed by atoms with Gasteiger partial charge in [-0.1, -0.05) is 31.0 Å². The summed E-state index contributed by atoms with van der Waals surface area (Å²) in [6.45, 7) is 2.11. The van der Waals surface area contributed by atoms with E-state index in [0.717, 1.165) is 12.8 Å². The standard InChI is InChI=1S/C18H25NO/c1-13(19-18(20)15-7-3-4-8-15)16-11-10-14-6-2-5-9-17(14)12-16/h10-13,15H,2-9H2,1H3,(H,19,20). The maximum Gasteiger partial charge on any atom is 0.223 e. The molecule has 0 aromatic heterocycles. The fourth-order valence-electron chi connectivity index (χ4n) is 3.63. The van der Waals surface area contributed by atoms with Crippen molar-refractivity contribution in [2.24, 2.45) is 5.92 Å². The Bertz CT molecular complexity index is 488. The van der Waals surface area contributed by atoms with E-state index in [2.05, 4.69) is 30.4 Å². The summed E-state index contributed by atoms with van der Waals surface area (Å²) in [6.07, 6.45) is 9.62. The zero-order chi connectivity index (χ0) is 13.9. The van der Waals surface area contributed by atoms with Crippen LogP contribution in [0.1, 0.15) is 68.2 Å². The lowest BCUT2D eigenvalue weighted by atomic mass is 9.89. The van der Waals surface area contributed by atoms with E-state index in [-0.39, 0.29) is 17.9 Å². The molecule has 3 rings (SSSR count). The maximum atomic E-state index is 12.2. The van der Waals surface area contributed by atoms with Crippen LogP contribution in [0.4, 0.5) is 0 Å². The molecular formula is C18H25NO. The van der Waals surface area contributed by atoms with E-state index in [0.29, 0.717) is 0 Å². The second-order valence-electron chi connectivity index (χ2n) is 6.45. The quantitative estimate of drug-likeness (QED) is 0.886. The van der Waals surface area contributed by atoms with Crippen molar-refractivity contribution in [1.29, 1.82) is 0 Å². The van der Waals surface area contributed by atoms with Gasteiger partial charge in [-0.05, 0) is 62.1 Å². The summed E-state index contributed by atoms with van der Waals surface area (Å²) >= 11 is 0. The Morgan fingerprint density at radius 1 is 1.10 bits per heavy atom. The van der Waals surface area contributed by atoms with E-state index < -0.39 is 0 Å². The number of hydrogen-bond donors (Lipinski definition) is 1.